The van der Waals surface area contributed by atoms with Crippen LogP contribution >= 0.6 is 0 Å². The summed E-state index contributed by atoms with van der Waals surface area (Å²) in [5.74, 6) is 0. The normalized spacial score (nSPS) is 24.2. The Balaban J connectivity index is 2.44. The van der Waals surface area contributed by atoms with Gasteiger partial charge in [0.2, 0.25) is 0 Å². The molecule has 2 unspecified atom stereocenters. The number of benzene rings is 1. The quantitative estimate of drug-likeness (QED) is 0.920. The summed E-state index contributed by atoms with van der Waals surface area (Å²) in [6.07, 6.45) is 0.585. The van der Waals surface area contributed by atoms with E-state index in [9.17, 15) is 5.11 Å². The van der Waals surface area contributed by atoms with Gasteiger partial charge in [0.05, 0.1) is 36.5 Å². The van der Waals surface area contributed by atoms with Crippen molar-refractivity contribution in [2.45, 2.75) is 45.4 Å². The van der Waals surface area contributed by atoms with Crippen LogP contribution in [0.4, 0.5) is 5.69 Å². The van der Waals surface area contributed by atoms with Crippen molar-refractivity contribution in [1.29, 1.82) is 5.26 Å². The Bertz CT molecular complexity index is 508. The smallest absolute Gasteiger partial charge is 0.0992 e. The van der Waals surface area contributed by atoms with Gasteiger partial charge in [-0.05, 0) is 32.4 Å². The van der Waals surface area contributed by atoms with Crippen LogP contribution in [-0.2, 0) is 4.74 Å². The molecule has 0 saturated carbocycles. The molecule has 0 spiro atoms. The summed E-state index contributed by atoms with van der Waals surface area (Å²) in [5.41, 5.74) is 2.45. The van der Waals surface area contributed by atoms with E-state index in [-0.39, 0.29) is 12.1 Å². The van der Waals surface area contributed by atoms with Gasteiger partial charge >= 0.3 is 0 Å². The van der Waals surface area contributed by atoms with E-state index in [0.717, 1.165) is 24.2 Å². The number of nitrogens with zero attached hydrogens (tertiary/aromatic N) is 2. The van der Waals surface area contributed by atoms with Gasteiger partial charge in [-0.15, -0.1) is 0 Å². The van der Waals surface area contributed by atoms with E-state index in [2.05, 4.69) is 24.8 Å². The molecule has 0 bridgehead atoms. The van der Waals surface area contributed by atoms with E-state index < -0.39 is 6.10 Å². The van der Waals surface area contributed by atoms with E-state index in [0.29, 0.717) is 12.2 Å². The number of ether oxygens (including phenoxy) is 1. The second kappa shape index (κ2) is 6.25. The summed E-state index contributed by atoms with van der Waals surface area (Å²) in [6, 6.07) is 7.96. The predicted molar refractivity (Wildman–Crippen MR) is 78.6 cm³/mol. The third kappa shape index (κ3) is 2.95. The van der Waals surface area contributed by atoms with E-state index >= 15 is 0 Å². The number of hydrogen-bond donors (Lipinski definition) is 1. The van der Waals surface area contributed by atoms with Gasteiger partial charge in [-0.1, -0.05) is 13.0 Å². The fourth-order valence-corrected chi connectivity index (χ4v) is 2.69. The highest BCUT2D eigenvalue weighted by atomic mass is 16.5. The highest BCUT2D eigenvalue weighted by molar-refractivity contribution is 5.59. The molecule has 1 aromatic carbocycles. The maximum atomic E-state index is 9.98. The molecule has 1 fully saturated rings. The van der Waals surface area contributed by atoms with Crippen LogP contribution in [-0.4, -0.2) is 30.4 Å². The third-order valence-electron chi connectivity index (χ3n) is 3.86. The largest absolute Gasteiger partial charge is 0.389 e. The first-order valence-corrected chi connectivity index (χ1v) is 7.17. The van der Waals surface area contributed by atoms with Gasteiger partial charge < -0.3 is 14.7 Å². The van der Waals surface area contributed by atoms with Crippen molar-refractivity contribution < 1.29 is 9.84 Å². The summed E-state index contributed by atoms with van der Waals surface area (Å²) in [5, 5.41) is 19.1. The van der Waals surface area contributed by atoms with Crippen molar-refractivity contribution >= 4 is 5.69 Å². The second-order valence-electron chi connectivity index (χ2n) is 5.42. The van der Waals surface area contributed by atoms with Crippen LogP contribution in [0.3, 0.4) is 0 Å². The van der Waals surface area contributed by atoms with Gasteiger partial charge in [-0.2, -0.15) is 5.26 Å². The molecule has 4 nitrogen and oxygen atoms in total. The van der Waals surface area contributed by atoms with Crippen LogP contribution in [0, 0.1) is 11.3 Å². The van der Waals surface area contributed by atoms with Crippen LogP contribution in [0.25, 0.3) is 0 Å². The lowest BCUT2D eigenvalue weighted by Crippen LogP contribution is -2.49. The first-order valence-electron chi connectivity index (χ1n) is 7.17. The van der Waals surface area contributed by atoms with E-state index in [4.69, 9.17) is 10.00 Å². The highest BCUT2D eigenvalue weighted by Crippen LogP contribution is 2.31. The Hall–Kier alpha value is -1.57. The molecular weight excluding hydrogens is 252 g/mol. The summed E-state index contributed by atoms with van der Waals surface area (Å²) in [7, 11) is 0. The molecule has 1 heterocycles. The molecule has 2 rings (SSSR count). The number of hydrogen-bond acceptors (Lipinski definition) is 4. The number of nitriles is 1. The molecule has 1 aromatic rings. The Kier molecular flexibility index (Phi) is 4.64. The SMILES string of the molecule is CCC1COC(C)CN1c1cc(C#N)ccc1[C@@H](C)O. The maximum absolute atomic E-state index is 9.98. The minimum Gasteiger partial charge on any atom is -0.389 e. The predicted octanol–water partition coefficient (Wildman–Crippen LogP) is 2.62. The summed E-state index contributed by atoms with van der Waals surface area (Å²) >= 11 is 0. The molecule has 0 radical (unpaired) electrons. The molecule has 0 aromatic heterocycles. The molecule has 1 saturated heterocycles. The first-order chi connectivity index (χ1) is 9.56. The van der Waals surface area contributed by atoms with Crippen molar-refractivity contribution in [1.82, 2.24) is 0 Å². The molecule has 0 aliphatic carbocycles. The van der Waals surface area contributed by atoms with Gasteiger partial charge in [0, 0.05) is 17.8 Å². The lowest BCUT2D eigenvalue weighted by molar-refractivity contribution is 0.0297. The summed E-state index contributed by atoms with van der Waals surface area (Å²) < 4.78 is 5.72. The fourth-order valence-electron chi connectivity index (χ4n) is 2.69. The van der Waals surface area contributed by atoms with Gasteiger partial charge in [0.15, 0.2) is 0 Å². The van der Waals surface area contributed by atoms with Crippen molar-refractivity contribution in [3.8, 4) is 6.07 Å². The average molecular weight is 274 g/mol. The molecule has 3 atom stereocenters. The van der Waals surface area contributed by atoms with Gasteiger partial charge in [-0.3, -0.25) is 0 Å². The first kappa shape index (κ1) is 14.8. The van der Waals surface area contributed by atoms with E-state index in [1.807, 2.05) is 12.1 Å². The van der Waals surface area contributed by atoms with E-state index in [1.54, 1.807) is 13.0 Å². The zero-order chi connectivity index (χ0) is 14.7. The number of morpholine rings is 1. The monoisotopic (exact) mass is 274 g/mol. The molecule has 1 aliphatic heterocycles. The van der Waals surface area contributed by atoms with Crippen LogP contribution in [0.15, 0.2) is 18.2 Å². The highest BCUT2D eigenvalue weighted by Gasteiger charge is 2.28. The Labute approximate surface area is 120 Å². The second-order valence-corrected chi connectivity index (χ2v) is 5.42. The average Bonchev–Trinajstić information content (AvgIpc) is 2.46. The van der Waals surface area contributed by atoms with Crippen LogP contribution < -0.4 is 4.90 Å². The minimum atomic E-state index is -0.548. The zero-order valence-electron chi connectivity index (χ0n) is 12.3. The van der Waals surface area contributed by atoms with Crippen molar-refractivity contribution in [3.63, 3.8) is 0 Å². The van der Waals surface area contributed by atoms with E-state index in [1.165, 1.54) is 0 Å². The number of aliphatic hydroxyl groups is 1. The molecule has 1 aliphatic rings. The van der Waals surface area contributed by atoms with Crippen molar-refractivity contribution in [2.24, 2.45) is 0 Å². The van der Waals surface area contributed by atoms with Crippen molar-refractivity contribution in [3.05, 3.63) is 29.3 Å². The van der Waals surface area contributed by atoms with Crippen LogP contribution in [0.2, 0.25) is 0 Å². The Morgan fingerprint density at radius 2 is 2.30 bits per heavy atom. The number of rotatable bonds is 3. The molecular formula is C16H22N2O2. The number of aliphatic hydroxyl groups excluding tert-OH is 1. The zero-order valence-corrected chi connectivity index (χ0v) is 12.3. The van der Waals surface area contributed by atoms with Crippen LogP contribution in [0.1, 0.15) is 44.4 Å². The maximum Gasteiger partial charge on any atom is 0.0992 e. The molecule has 4 heteroatoms. The summed E-state index contributed by atoms with van der Waals surface area (Å²) in [6.45, 7) is 7.42. The molecule has 20 heavy (non-hydrogen) atoms. The Morgan fingerprint density at radius 3 is 2.90 bits per heavy atom. The standard InChI is InChI=1S/C16H22N2O2/c1-4-14-10-20-11(2)9-18(14)16-7-13(8-17)5-6-15(16)12(3)19/h5-7,11-12,14,19H,4,9-10H2,1-3H3/t11?,12-,14?/m1/s1. The molecule has 1 N–H and O–H groups in total. The lowest BCUT2D eigenvalue weighted by Gasteiger charge is -2.41. The van der Waals surface area contributed by atoms with Crippen molar-refractivity contribution in [2.75, 3.05) is 18.1 Å². The summed E-state index contributed by atoms with van der Waals surface area (Å²) in [4.78, 5) is 2.27. The van der Waals surface area contributed by atoms with Gasteiger partial charge in [-0.25, -0.2) is 0 Å². The molecule has 0 amide bonds. The third-order valence-corrected chi connectivity index (χ3v) is 3.86. The lowest BCUT2D eigenvalue weighted by atomic mass is 10.0. The topological polar surface area (TPSA) is 56.5 Å². The Morgan fingerprint density at radius 1 is 1.55 bits per heavy atom. The van der Waals surface area contributed by atoms with Gasteiger partial charge in [0.25, 0.3) is 0 Å². The minimum absolute atomic E-state index is 0.158. The van der Waals surface area contributed by atoms with Gasteiger partial charge in [0.1, 0.15) is 0 Å². The molecule has 108 valence electrons. The number of anilines is 1. The van der Waals surface area contributed by atoms with Crippen LogP contribution in [0.5, 0.6) is 0 Å². The fraction of sp³-hybridized carbons (Fsp3) is 0.562.